The molecule has 2 fully saturated rings. The third-order valence-electron chi connectivity index (χ3n) is 4.51. The summed E-state index contributed by atoms with van der Waals surface area (Å²) < 4.78 is 0. The van der Waals surface area contributed by atoms with Crippen LogP contribution in [0.15, 0.2) is 16.9 Å². The van der Waals surface area contributed by atoms with E-state index in [0.717, 1.165) is 38.5 Å². The highest BCUT2D eigenvalue weighted by molar-refractivity contribution is 5.15. The fourth-order valence-electron chi connectivity index (χ4n) is 3.01. The van der Waals surface area contributed by atoms with Crippen LogP contribution in [0.3, 0.4) is 0 Å². The van der Waals surface area contributed by atoms with Gasteiger partial charge in [-0.3, -0.25) is 0 Å². The Morgan fingerprint density at radius 3 is 1.65 bits per heavy atom. The predicted octanol–water partition coefficient (Wildman–Crippen LogP) is 2.73. The van der Waals surface area contributed by atoms with E-state index in [1.807, 2.05) is 0 Å². The fourth-order valence-corrected chi connectivity index (χ4v) is 3.01. The van der Waals surface area contributed by atoms with E-state index in [2.05, 4.69) is 19.6 Å². The van der Waals surface area contributed by atoms with Gasteiger partial charge in [-0.25, -0.2) is 0 Å². The van der Waals surface area contributed by atoms with Crippen molar-refractivity contribution in [3.05, 3.63) is 16.9 Å². The van der Waals surface area contributed by atoms with Crippen LogP contribution < -0.4 is 11.5 Å². The molecule has 4 atom stereocenters. The summed E-state index contributed by atoms with van der Waals surface area (Å²) in [6.07, 6.45) is 6.85. The molecule has 0 aliphatic heterocycles. The molecule has 4 N–H and O–H groups in total. The first kappa shape index (κ1) is 12.9. The lowest BCUT2D eigenvalue weighted by molar-refractivity contribution is 0.378. The molecule has 2 aliphatic carbocycles. The van der Waals surface area contributed by atoms with Crippen molar-refractivity contribution < 1.29 is 0 Å². The fraction of sp³-hybridized carbons (Fsp3) is 0.800. The van der Waals surface area contributed by atoms with Gasteiger partial charge >= 0.3 is 0 Å². The van der Waals surface area contributed by atoms with Gasteiger partial charge in [0.25, 0.3) is 0 Å². The second kappa shape index (κ2) is 5.39. The van der Waals surface area contributed by atoms with Gasteiger partial charge < -0.3 is 11.5 Å². The van der Waals surface area contributed by atoms with Gasteiger partial charge in [-0.05, 0) is 61.5 Å². The summed E-state index contributed by atoms with van der Waals surface area (Å²) in [6, 6.07) is 0.786. The van der Waals surface area contributed by atoms with Crippen LogP contribution in [0.4, 0.5) is 0 Å². The van der Waals surface area contributed by atoms with E-state index in [1.54, 1.807) is 0 Å². The van der Waals surface area contributed by atoms with Crippen molar-refractivity contribution in [3.8, 4) is 0 Å². The van der Waals surface area contributed by atoms with Crippen LogP contribution in [0.1, 0.15) is 52.4 Å². The van der Waals surface area contributed by atoms with Gasteiger partial charge in [0, 0.05) is 12.1 Å². The third kappa shape index (κ3) is 3.22. The van der Waals surface area contributed by atoms with Gasteiger partial charge in [-0.15, -0.1) is 5.73 Å². The van der Waals surface area contributed by atoms with Gasteiger partial charge in [0.05, 0.1) is 0 Å². The predicted molar refractivity (Wildman–Crippen MR) is 72.5 cm³/mol. The molecule has 96 valence electrons. The molecule has 0 aromatic rings. The van der Waals surface area contributed by atoms with E-state index in [1.165, 1.54) is 11.1 Å². The van der Waals surface area contributed by atoms with Crippen LogP contribution in [0.2, 0.25) is 0 Å². The van der Waals surface area contributed by atoms with Crippen molar-refractivity contribution in [1.82, 2.24) is 0 Å². The van der Waals surface area contributed by atoms with Crippen molar-refractivity contribution in [3.63, 3.8) is 0 Å². The van der Waals surface area contributed by atoms with Crippen molar-refractivity contribution in [2.24, 2.45) is 23.3 Å². The lowest BCUT2D eigenvalue weighted by Gasteiger charge is -2.28. The monoisotopic (exact) mass is 234 g/mol. The highest BCUT2D eigenvalue weighted by Gasteiger charge is 2.22. The van der Waals surface area contributed by atoms with Crippen LogP contribution in [0, 0.1) is 11.8 Å². The van der Waals surface area contributed by atoms with Gasteiger partial charge in [0.1, 0.15) is 0 Å². The number of hydrogen-bond acceptors (Lipinski definition) is 2. The Kier molecular flexibility index (Phi) is 4.09. The summed E-state index contributed by atoms with van der Waals surface area (Å²) >= 11 is 0. The molecule has 17 heavy (non-hydrogen) atoms. The number of rotatable bonds is 0. The zero-order valence-electron chi connectivity index (χ0n) is 11.2. The molecule has 2 saturated carbocycles. The highest BCUT2D eigenvalue weighted by atomic mass is 14.7. The molecule has 2 heteroatoms. The van der Waals surface area contributed by atoms with E-state index < -0.39 is 0 Å². The maximum Gasteiger partial charge on any atom is 0.00710 e. The topological polar surface area (TPSA) is 52.0 Å². The van der Waals surface area contributed by atoms with Crippen LogP contribution >= 0.6 is 0 Å². The average molecular weight is 234 g/mol. The molecule has 0 radical (unpaired) electrons. The van der Waals surface area contributed by atoms with Crippen molar-refractivity contribution in [1.29, 1.82) is 0 Å². The number of allylic oxidation sites excluding steroid dienone is 1. The maximum absolute atomic E-state index is 6.05. The van der Waals surface area contributed by atoms with E-state index in [9.17, 15) is 0 Å². The Morgan fingerprint density at radius 1 is 0.882 bits per heavy atom. The Bertz CT molecular complexity index is 309. The Hall–Kier alpha value is -0.560. The summed E-state index contributed by atoms with van der Waals surface area (Å²) in [5.74, 6) is 1.24. The lowest BCUT2D eigenvalue weighted by atomic mass is 9.80. The first-order valence-corrected chi connectivity index (χ1v) is 7.04. The van der Waals surface area contributed by atoms with E-state index in [4.69, 9.17) is 11.5 Å². The molecule has 2 nitrogen and oxygen atoms in total. The lowest BCUT2D eigenvalue weighted by Crippen LogP contribution is -2.32. The van der Waals surface area contributed by atoms with Crippen LogP contribution in [0.5, 0.6) is 0 Å². The maximum atomic E-state index is 6.05. The minimum atomic E-state index is 0.393. The summed E-state index contributed by atoms with van der Waals surface area (Å²) in [5.41, 5.74) is 18.8. The molecule has 2 rings (SSSR count). The van der Waals surface area contributed by atoms with Gasteiger partial charge in [0.15, 0.2) is 0 Å². The van der Waals surface area contributed by atoms with E-state index >= 15 is 0 Å². The van der Waals surface area contributed by atoms with Gasteiger partial charge in [-0.2, -0.15) is 0 Å². The van der Waals surface area contributed by atoms with Gasteiger partial charge in [0.2, 0.25) is 0 Å². The van der Waals surface area contributed by atoms with E-state index in [-0.39, 0.29) is 0 Å². The molecule has 0 amide bonds. The molecule has 0 aromatic carbocycles. The molecule has 2 aliphatic rings. The second-order valence-corrected chi connectivity index (χ2v) is 6.10. The normalized spacial score (nSPS) is 39.1. The number of hydrogen-bond donors (Lipinski definition) is 2. The minimum Gasteiger partial charge on any atom is -0.327 e. The smallest absolute Gasteiger partial charge is 0.00710 e. The van der Waals surface area contributed by atoms with E-state index in [0.29, 0.717) is 23.9 Å². The largest absolute Gasteiger partial charge is 0.327 e. The third-order valence-corrected chi connectivity index (χ3v) is 4.51. The molecule has 0 heterocycles. The molecule has 4 unspecified atom stereocenters. The Labute approximate surface area is 105 Å². The molecular formula is C15H26N2. The molecule has 0 saturated heterocycles. The van der Waals surface area contributed by atoms with Crippen LogP contribution in [-0.4, -0.2) is 12.1 Å². The molecular weight excluding hydrogens is 208 g/mol. The zero-order valence-corrected chi connectivity index (χ0v) is 11.2. The zero-order chi connectivity index (χ0) is 12.4. The van der Waals surface area contributed by atoms with Crippen LogP contribution in [-0.2, 0) is 0 Å². The quantitative estimate of drug-likeness (QED) is 0.633. The molecule has 0 aromatic heterocycles. The standard InChI is InChI=1S/C15H26N2/c1-10-7-12(3-5-14(10)16)9-13-4-6-15(17)11(2)8-13/h10-11,14-15H,3-8,16-17H2,1-2H3. The van der Waals surface area contributed by atoms with Crippen molar-refractivity contribution in [2.45, 2.75) is 64.5 Å². The highest BCUT2D eigenvalue weighted by Crippen LogP contribution is 2.30. The average Bonchev–Trinajstić information content (AvgIpc) is 2.29. The summed E-state index contributed by atoms with van der Waals surface area (Å²) in [7, 11) is 0. The Balaban J connectivity index is 2.07. The first-order chi connectivity index (χ1) is 8.06. The summed E-state index contributed by atoms with van der Waals surface area (Å²) in [5, 5.41) is 0. The van der Waals surface area contributed by atoms with Crippen molar-refractivity contribution >= 4 is 0 Å². The summed E-state index contributed by atoms with van der Waals surface area (Å²) in [6.45, 7) is 4.52. The van der Waals surface area contributed by atoms with Crippen molar-refractivity contribution in [2.75, 3.05) is 0 Å². The Morgan fingerprint density at radius 2 is 1.29 bits per heavy atom. The summed E-state index contributed by atoms with van der Waals surface area (Å²) in [4.78, 5) is 0. The molecule has 0 spiro atoms. The minimum absolute atomic E-state index is 0.393. The second-order valence-electron chi connectivity index (χ2n) is 6.10. The SMILES string of the molecule is CC1CC(=C=C2CCC(N)C(C)C2)CCC1N. The first-order valence-electron chi connectivity index (χ1n) is 7.04. The molecule has 0 bridgehead atoms. The van der Waals surface area contributed by atoms with Gasteiger partial charge in [-0.1, -0.05) is 13.8 Å². The number of nitrogens with two attached hydrogens (primary N) is 2. The van der Waals surface area contributed by atoms with Crippen LogP contribution in [0.25, 0.3) is 0 Å².